The van der Waals surface area contributed by atoms with Crippen molar-refractivity contribution in [2.24, 2.45) is 5.92 Å². The zero-order valence-corrected chi connectivity index (χ0v) is 11.6. The summed E-state index contributed by atoms with van der Waals surface area (Å²) in [5.41, 5.74) is 0.117. The van der Waals surface area contributed by atoms with Gasteiger partial charge in [0.2, 0.25) is 0 Å². The third-order valence-electron chi connectivity index (χ3n) is 3.37. The fraction of sp³-hybridized carbons (Fsp3) is 0.400. The van der Waals surface area contributed by atoms with E-state index < -0.39 is 0 Å². The van der Waals surface area contributed by atoms with Crippen molar-refractivity contribution >= 4 is 23.4 Å². The van der Waals surface area contributed by atoms with Crippen LogP contribution in [0.4, 0.5) is 0 Å². The van der Waals surface area contributed by atoms with Gasteiger partial charge < -0.3 is 4.57 Å². The summed E-state index contributed by atoms with van der Waals surface area (Å²) in [6, 6.07) is 9.76. The van der Waals surface area contributed by atoms with E-state index in [1.165, 1.54) is 0 Å². The summed E-state index contributed by atoms with van der Waals surface area (Å²) in [7, 11) is 0. The molecule has 1 unspecified atom stereocenters. The third-order valence-corrected chi connectivity index (χ3v) is 3.63. The van der Waals surface area contributed by atoms with Gasteiger partial charge in [-0.25, -0.2) is 0 Å². The molecule has 0 fully saturated rings. The minimum absolute atomic E-state index is 0.117. The smallest absolute Gasteiger partial charge is 0.258 e. The Balaban J connectivity index is 2.19. The van der Waals surface area contributed by atoms with Crippen molar-refractivity contribution in [3.05, 3.63) is 46.9 Å². The van der Waals surface area contributed by atoms with E-state index in [1.807, 2.05) is 41.1 Å². The molecule has 0 aliphatic carbocycles. The van der Waals surface area contributed by atoms with Crippen LogP contribution in [0.2, 0.25) is 0 Å². The van der Waals surface area contributed by atoms with Gasteiger partial charge in [0.05, 0.1) is 0 Å². The van der Waals surface area contributed by atoms with Gasteiger partial charge in [-0.15, -0.1) is 0 Å². The molecule has 0 spiro atoms. The number of thiol groups is 1. The first-order valence-electron chi connectivity index (χ1n) is 6.41. The lowest BCUT2D eigenvalue weighted by molar-refractivity contribution is 0.467. The van der Waals surface area contributed by atoms with Gasteiger partial charge in [-0.3, -0.25) is 4.79 Å². The van der Waals surface area contributed by atoms with Gasteiger partial charge in [-0.2, -0.15) is 12.6 Å². The molecule has 1 heterocycles. The Morgan fingerprint density at radius 3 is 2.78 bits per heavy atom. The second-order valence-corrected chi connectivity index (χ2v) is 5.25. The van der Waals surface area contributed by atoms with Crippen LogP contribution in [0.25, 0.3) is 10.8 Å². The predicted octanol–water partition coefficient (Wildman–Crippen LogP) is 3.35. The number of aromatic nitrogens is 1. The zero-order chi connectivity index (χ0) is 13.0. The summed E-state index contributed by atoms with van der Waals surface area (Å²) in [4.78, 5) is 12.2. The number of benzene rings is 1. The molecule has 2 aromatic rings. The number of fused-ring (bicyclic) bond motifs is 1. The van der Waals surface area contributed by atoms with Crippen molar-refractivity contribution in [3.8, 4) is 0 Å². The quantitative estimate of drug-likeness (QED) is 0.819. The number of rotatable bonds is 5. The molecule has 2 rings (SSSR count). The molecular weight excluding hydrogens is 242 g/mol. The largest absolute Gasteiger partial charge is 0.315 e. The van der Waals surface area contributed by atoms with Gasteiger partial charge in [0, 0.05) is 18.1 Å². The summed E-state index contributed by atoms with van der Waals surface area (Å²) in [6.07, 6.45) is 4.03. The first kappa shape index (κ1) is 13.2. The normalized spacial score (nSPS) is 12.8. The number of pyridine rings is 1. The summed E-state index contributed by atoms with van der Waals surface area (Å²) in [6.45, 7) is 3.00. The van der Waals surface area contributed by atoms with Crippen LogP contribution in [-0.4, -0.2) is 10.3 Å². The highest BCUT2D eigenvalue weighted by Gasteiger charge is 2.04. The van der Waals surface area contributed by atoms with Gasteiger partial charge in [0.25, 0.3) is 5.56 Å². The van der Waals surface area contributed by atoms with E-state index in [0.29, 0.717) is 5.92 Å². The maximum absolute atomic E-state index is 12.2. The second-order valence-electron chi connectivity index (χ2n) is 4.81. The predicted molar refractivity (Wildman–Crippen MR) is 80.5 cm³/mol. The first-order chi connectivity index (χ1) is 8.72. The molecule has 0 aliphatic rings. The molecule has 0 saturated heterocycles. The average molecular weight is 261 g/mol. The van der Waals surface area contributed by atoms with Crippen molar-refractivity contribution in [2.75, 3.05) is 5.75 Å². The lowest BCUT2D eigenvalue weighted by atomic mass is 10.1. The molecule has 0 aliphatic heterocycles. The molecule has 0 amide bonds. The molecule has 96 valence electrons. The van der Waals surface area contributed by atoms with Gasteiger partial charge in [-0.05, 0) is 42.0 Å². The Bertz CT molecular complexity index is 576. The highest BCUT2D eigenvalue weighted by Crippen LogP contribution is 2.11. The molecule has 0 radical (unpaired) electrons. The third kappa shape index (κ3) is 2.96. The Kier molecular flexibility index (Phi) is 4.48. The topological polar surface area (TPSA) is 22.0 Å². The van der Waals surface area contributed by atoms with Crippen molar-refractivity contribution < 1.29 is 0 Å². The molecule has 1 aromatic heterocycles. The van der Waals surface area contributed by atoms with Crippen LogP contribution >= 0.6 is 12.6 Å². The monoisotopic (exact) mass is 261 g/mol. The van der Waals surface area contributed by atoms with Crippen LogP contribution in [0, 0.1) is 5.92 Å². The molecule has 0 N–H and O–H groups in total. The van der Waals surface area contributed by atoms with Gasteiger partial charge in [-0.1, -0.05) is 25.1 Å². The molecule has 1 aromatic carbocycles. The zero-order valence-electron chi connectivity index (χ0n) is 10.7. The number of nitrogens with zero attached hydrogens (tertiary/aromatic N) is 1. The number of hydrogen-bond donors (Lipinski definition) is 1. The molecule has 0 bridgehead atoms. The van der Waals surface area contributed by atoms with E-state index in [-0.39, 0.29) is 5.56 Å². The average Bonchev–Trinajstić information content (AvgIpc) is 2.39. The molecule has 0 saturated carbocycles. The Morgan fingerprint density at radius 2 is 2.00 bits per heavy atom. The van der Waals surface area contributed by atoms with Crippen molar-refractivity contribution in [3.63, 3.8) is 0 Å². The molecule has 18 heavy (non-hydrogen) atoms. The highest BCUT2D eigenvalue weighted by molar-refractivity contribution is 7.80. The standard InChI is InChI=1S/C15H19NOS/c1-12(8-11-18)6-9-16-10-7-13-4-2-3-5-14(13)15(16)17/h2-5,7,10,12,18H,6,8-9,11H2,1H3. The Hall–Kier alpha value is -1.22. The number of aryl methyl sites for hydroxylation is 1. The molecule has 3 heteroatoms. The molecular formula is C15H19NOS. The van der Waals surface area contributed by atoms with Gasteiger partial charge in [0.1, 0.15) is 0 Å². The van der Waals surface area contributed by atoms with Crippen molar-refractivity contribution in [1.29, 1.82) is 0 Å². The van der Waals surface area contributed by atoms with E-state index >= 15 is 0 Å². The van der Waals surface area contributed by atoms with E-state index in [2.05, 4.69) is 19.6 Å². The van der Waals surface area contributed by atoms with Gasteiger partial charge >= 0.3 is 0 Å². The van der Waals surface area contributed by atoms with E-state index in [0.717, 1.165) is 35.9 Å². The summed E-state index contributed by atoms with van der Waals surface area (Å²) < 4.78 is 1.82. The second kappa shape index (κ2) is 6.10. The van der Waals surface area contributed by atoms with Crippen LogP contribution in [0.1, 0.15) is 19.8 Å². The Labute approximate surface area is 113 Å². The first-order valence-corrected chi connectivity index (χ1v) is 7.04. The summed E-state index contributed by atoms with van der Waals surface area (Å²) >= 11 is 4.24. The molecule has 2 nitrogen and oxygen atoms in total. The van der Waals surface area contributed by atoms with Gasteiger partial charge in [0.15, 0.2) is 0 Å². The fourth-order valence-corrected chi connectivity index (χ4v) is 2.57. The highest BCUT2D eigenvalue weighted by atomic mass is 32.1. The van der Waals surface area contributed by atoms with Crippen LogP contribution < -0.4 is 5.56 Å². The molecule has 1 atom stereocenters. The van der Waals surface area contributed by atoms with Crippen LogP contribution in [-0.2, 0) is 6.54 Å². The Morgan fingerprint density at radius 1 is 1.22 bits per heavy atom. The van der Waals surface area contributed by atoms with Crippen molar-refractivity contribution in [1.82, 2.24) is 4.57 Å². The van der Waals surface area contributed by atoms with Crippen LogP contribution in [0.15, 0.2) is 41.3 Å². The summed E-state index contributed by atoms with van der Waals surface area (Å²) in [5.74, 6) is 1.52. The van der Waals surface area contributed by atoms with Crippen LogP contribution in [0.5, 0.6) is 0 Å². The maximum atomic E-state index is 12.2. The van der Waals surface area contributed by atoms with Crippen molar-refractivity contribution in [2.45, 2.75) is 26.3 Å². The summed E-state index contributed by atoms with van der Waals surface area (Å²) in [5, 5.41) is 1.82. The minimum Gasteiger partial charge on any atom is -0.315 e. The van der Waals surface area contributed by atoms with E-state index in [4.69, 9.17) is 0 Å². The lowest BCUT2D eigenvalue weighted by Gasteiger charge is -2.11. The van der Waals surface area contributed by atoms with E-state index in [9.17, 15) is 4.79 Å². The fourth-order valence-electron chi connectivity index (χ4n) is 2.13. The maximum Gasteiger partial charge on any atom is 0.258 e. The SMILES string of the molecule is CC(CCS)CCn1ccc2ccccc2c1=O. The van der Waals surface area contributed by atoms with Crippen LogP contribution in [0.3, 0.4) is 0 Å². The minimum atomic E-state index is 0.117. The van der Waals surface area contributed by atoms with E-state index in [1.54, 1.807) is 0 Å². The number of hydrogen-bond acceptors (Lipinski definition) is 2. The lowest BCUT2D eigenvalue weighted by Crippen LogP contribution is -2.20.